The highest BCUT2D eigenvalue weighted by Crippen LogP contribution is 2.18. The normalized spacial score (nSPS) is 11.8. The highest BCUT2D eigenvalue weighted by molar-refractivity contribution is 7.89. The SMILES string of the molecule is Cc1cc(S(=O)(=O)NCc2c(C)noc2C)ccc1N. The summed E-state index contributed by atoms with van der Waals surface area (Å²) in [5.74, 6) is 0.610. The van der Waals surface area contributed by atoms with Crippen molar-refractivity contribution >= 4 is 15.7 Å². The van der Waals surface area contributed by atoms with Gasteiger partial charge in [-0.1, -0.05) is 5.16 Å². The molecule has 0 saturated heterocycles. The molecule has 0 bridgehead atoms. The van der Waals surface area contributed by atoms with Crippen LogP contribution < -0.4 is 10.5 Å². The number of sulfonamides is 1. The summed E-state index contributed by atoms with van der Waals surface area (Å²) in [6.45, 7) is 5.43. The van der Waals surface area contributed by atoms with Crippen LogP contribution in [0.1, 0.15) is 22.6 Å². The Labute approximate surface area is 118 Å². The largest absolute Gasteiger partial charge is 0.399 e. The summed E-state index contributed by atoms with van der Waals surface area (Å²) in [6.07, 6.45) is 0. The summed E-state index contributed by atoms with van der Waals surface area (Å²) >= 11 is 0. The predicted molar refractivity (Wildman–Crippen MR) is 75.6 cm³/mol. The lowest BCUT2D eigenvalue weighted by atomic mass is 10.2. The minimum Gasteiger partial charge on any atom is -0.399 e. The van der Waals surface area contributed by atoms with Crippen LogP contribution in [0.3, 0.4) is 0 Å². The second-order valence-corrected chi connectivity index (χ2v) is 6.41. The van der Waals surface area contributed by atoms with Crippen LogP contribution in [0.5, 0.6) is 0 Å². The number of aryl methyl sites for hydroxylation is 3. The van der Waals surface area contributed by atoms with Crippen LogP contribution >= 0.6 is 0 Å². The molecule has 0 atom stereocenters. The second kappa shape index (κ2) is 5.26. The Morgan fingerprint density at radius 1 is 1.30 bits per heavy atom. The van der Waals surface area contributed by atoms with Crippen molar-refractivity contribution < 1.29 is 12.9 Å². The number of rotatable bonds is 4. The van der Waals surface area contributed by atoms with Gasteiger partial charge < -0.3 is 10.3 Å². The molecule has 0 radical (unpaired) electrons. The Morgan fingerprint density at radius 2 is 2.00 bits per heavy atom. The average molecular weight is 295 g/mol. The standard InChI is InChI=1S/C13H17N3O3S/c1-8-6-11(4-5-13(8)14)20(17,18)15-7-12-9(2)16-19-10(12)3/h4-6,15H,7,14H2,1-3H3. The minimum atomic E-state index is -3.58. The lowest BCUT2D eigenvalue weighted by Crippen LogP contribution is -2.23. The van der Waals surface area contributed by atoms with Crippen molar-refractivity contribution in [3.05, 3.63) is 40.8 Å². The highest BCUT2D eigenvalue weighted by Gasteiger charge is 2.17. The summed E-state index contributed by atoms with van der Waals surface area (Å²) in [6, 6.07) is 4.61. The number of aromatic nitrogens is 1. The molecular weight excluding hydrogens is 278 g/mol. The van der Waals surface area contributed by atoms with E-state index in [1.54, 1.807) is 32.9 Å². The molecule has 6 nitrogen and oxygen atoms in total. The average Bonchev–Trinajstić information content (AvgIpc) is 2.70. The summed E-state index contributed by atoms with van der Waals surface area (Å²) < 4.78 is 32.0. The van der Waals surface area contributed by atoms with E-state index in [0.29, 0.717) is 17.1 Å². The van der Waals surface area contributed by atoms with Crippen LogP contribution in [0, 0.1) is 20.8 Å². The molecule has 0 saturated carbocycles. The molecule has 2 rings (SSSR count). The van der Waals surface area contributed by atoms with Crippen molar-refractivity contribution in [1.82, 2.24) is 9.88 Å². The van der Waals surface area contributed by atoms with Gasteiger partial charge in [0.05, 0.1) is 10.6 Å². The van der Waals surface area contributed by atoms with E-state index in [1.807, 2.05) is 0 Å². The maximum absolute atomic E-state index is 12.2. The van der Waals surface area contributed by atoms with E-state index in [2.05, 4.69) is 9.88 Å². The van der Waals surface area contributed by atoms with E-state index in [-0.39, 0.29) is 11.4 Å². The van der Waals surface area contributed by atoms with Crippen LogP contribution in [0.4, 0.5) is 5.69 Å². The van der Waals surface area contributed by atoms with Crippen LogP contribution in [0.15, 0.2) is 27.6 Å². The molecule has 108 valence electrons. The van der Waals surface area contributed by atoms with Gasteiger partial charge in [0.15, 0.2) is 0 Å². The first kappa shape index (κ1) is 14.5. The molecule has 1 aromatic carbocycles. The van der Waals surface area contributed by atoms with Gasteiger partial charge in [0.25, 0.3) is 0 Å². The molecule has 0 aliphatic rings. The topological polar surface area (TPSA) is 98.2 Å². The Morgan fingerprint density at radius 3 is 2.55 bits per heavy atom. The molecule has 7 heteroatoms. The first-order chi connectivity index (χ1) is 9.31. The molecule has 20 heavy (non-hydrogen) atoms. The van der Waals surface area contributed by atoms with E-state index in [4.69, 9.17) is 10.3 Å². The zero-order chi connectivity index (χ0) is 14.9. The van der Waals surface area contributed by atoms with Gasteiger partial charge in [0, 0.05) is 17.8 Å². The monoisotopic (exact) mass is 295 g/mol. The van der Waals surface area contributed by atoms with Crippen LogP contribution in [0.25, 0.3) is 0 Å². The first-order valence-corrected chi connectivity index (χ1v) is 7.57. The smallest absolute Gasteiger partial charge is 0.240 e. The molecule has 3 N–H and O–H groups in total. The third-order valence-corrected chi connectivity index (χ3v) is 4.57. The van der Waals surface area contributed by atoms with Gasteiger partial charge in [-0.15, -0.1) is 0 Å². The van der Waals surface area contributed by atoms with Gasteiger partial charge in [0.2, 0.25) is 10.0 Å². The number of nitrogens with zero attached hydrogens (tertiary/aromatic N) is 1. The number of nitrogens with one attached hydrogen (secondary N) is 1. The number of nitrogens with two attached hydrogens (primary N) is 1. The third-order valence-electron chi connectivity index (χ3n) is 3.17. The van der Waals surface area contributed by atoms with Crippen molar-refractivity contribution in [2.45, 2.75) is 32.2 Å². The molecule has 2 aromatic rings. The fourth-order valence-corrected chi connectivity index (χ4v) is 2.90. The predicted octanol–water partition coefficient (Wildman–Crippen LogP) is 1.66. The van der Waals surface area contributed by atoms with E-state index < -0.39 is 10.0 Å². The summed E-state index contributed by atoms with van der Waals surface area (Å²) in [5, 5.41) is 3.79. The van der Waals surface area contributed by atoms with E-state index in [1.165, 1.54) is 6.07 Å². The molecule has 0 unspecified atom stereocenters. The molecule has 0 amide bonds. The van der Waals surface area contributed by atoms with Crippen molar-refractivity contribution in [3.8, 4) is 0 Å². The number of nitrogen functional groups attached to an aromatic ring is 1. The lowest BCUT2D eigenvalue weighted by Gasteiger charge is -2.08. The molecular formula is C13H17N3O3S. The Balaban J connectivity index is 2.21. The van der Waals surface area contributed by atoms with E-state index in [9.17, 15) is 8.42 Å². The fraction of sp³-hybridized carbons (Fsp3) is 0.308. The van der Waals surface area contributed by atoms with Gasteiger partial charge in [-0.3, -0.25) is 0 Å². The number of hydrogen-bond acceptors (Lipinski definition) is 5. The Hall–Kier alpha value is -1.86. The number of hydrogen-bond donors (Lipinski definition) is 2. The van der Waals surface area contributed by atoms with Gasteiger partial charge in [0.1, 0.15) is 5.76 Å². The van der Waals surface area contributed by atoms with Crippen LogP contribution in [0.2, 0.25) is 0 Å². The van der Waals surface area contributed by atoms with Crippen molar-refractivity contribution in [2.75, 3.05) is 5.73 Å². The third kappa shape index (κ3) is 2.83. The van der Waals surface area contributed by atoms with Gasteiger partial charge in [-0.2, -0.15) is 0 Å². The zero-order valence-electron chi connectivity index (χ0n) is 11.6. The highest BCUT2D eigenvalue weighted by atomic mass is 32.2. The lowest BCUT2D eigenvalue weighted by molar-refractivity contribution is 0.392. The van der Waals surface area contributed by atoms with Crippen LogP contribution in [-0.4, -0.2) is 13.6 Å². The number of benzene rings is 1. The Bertz CT molecular complexity index is 716. The van der Waals surface area contributed by atoms with E-state index in [0.717, 1.165) is 11.1 Å². The van der Waals surface area contributed by atoms with Crippen LogP contribution in [-0.2, 0) is 16.6 Å². The van der Waals surface area contributed by atoms with Gasteiger partial charge in [-0.25, -0.2) is 13.1 Å². The summed E-state index contributed by atoms with van der Waals surface area (Å²) in [5.41, 5.74) is 8.41. The minimum absolute atomic E-state index is 0.146. The fourth-order valence-electron chi connectivity index (χ4n) is 1.82. The van der Waals surface area contributed by atoms with Crippen molar-refractivity contribution in [2.24, 2.45) is 0 Å². The summed E-state index contributed by atoms with van der Waals surface area (Å²) in [7, 11) is -3.58. The zero-order valence-corrected chi connectivity index (χ0v) is 12.4. The molecule has 0 aliphatic heterocycles. The molecule has 1 heterocycles. The Kier molecular flexibility index (Phi) is 3.82. The second-order valence-electron chi connectivity index (χ2n) is 4.65. The van der Waals surface area contributed by atoms with Crippen molar-refractivity contribution in [3.63, 3.8) is 0 Å². The van der Waals surface area contributed by atoms with Crippen molar-refractivity contribution in [1.29, 1.82) is 0 Å². The maximum atomic E-state index is 12.2. The first-order valence-electron chi connectivity index (χ1n) is 6.09. The van der Waals surface area contributed by atoms with E-state index >= 15 is 0 Å². The van der Waals surface area contributed by atoms with Gasteiger partial charge in [-0.05, 0) is 44.5 Å². The quantitative estimate of drug-likeness (QED) is 0.836. The molecule has 0 spiro atoms. The molecule has 0 aliphatic carbocycles. The molecule has 0 fully saturated rings. The number of anilines is 1. The van der Waals surface area contributed by atoms with Gasteiger partial charge >= 0.3 is 0 Å². The maximum Gasteiger partial charge on any atom is 0.240 e. The molecule has 1 aromatic heterocycles. The summed E-state index contributed by atoms with van der Waals surface area (Å²) in [4.78, 5) is 0.191.